The molecule has 0 unspecified atom stereocenters. The van der Waals surface area contributed by atoms with Crippen molar-refractivity contribution in [2.45, 2.75) is 27.7 Å². The molecule has 0 saturated heterocycles. The number of para-hydroxylation sites is 2. The summed E-state index contributed by atoms with van der Waals surface area (Å²) in [5, 5.41) is 8.96. The maximum Gasteiger partial charge on any atom is 0.242 e. The van der Waals surface area contributed by atoms with E-state index in [-0.39, 0.29) is 5.91 Å². The Bertz CT molecular complexity index is 867. The monoisotopic (exact) mass is 322 g/mol. The molecule has 0 radical (unpaired) electrons. The zero-order valence-corrected chi connectivity index (χ0v) is 14.1. The lowest BCUT2D eigenvalue weighted by molar-refractivity contribution is -0.156. The van der Waals surface area contributed by atoms with Crippen LogP contribution in [0.4, 0.5) is 11.4 Å². The third-order valence-corrected chi connectivity index (χ3v) is 4.28. The number of anilines is 2. The Kier molecular flexibility index (Phi) is 3.11. The Morgan fingerprint density at radius 1 is 1.04 bits per heavy atom. The quantitative estimate of drug-likeness (QED) is 0.809. The molecule has 0 fully saturated rings. The second kappa shape index (κ2) is 5.07. The van der Waals surface area contributed by atoms with Gasteiger partial charge in [0.1, 0.15) is 0 Å². The second-order valence-corrected chi connectivity index (χ2v) is 6.15. The first-order chi connectivity index (χ1) is 11.5. The summed E-state index contributed by atoms with van der Waals surface area (Å²) in [7, 11) is 0. The Labute approximate surface area is 140 Å². The summed E-state index contributed by atoms with van der Waals surface area (Å²) in [6.45, 7) is 7.70. The number of carbonyl (C=O) groups excluding carboxylic acids is 1. The lowest BCUT2D eigenvalue weighted by atomic mass is 9.98. The van der Waals surface area contributed by atoms with Crippen LogP contribution in [0.25, 0.3) is 0 Å². The third kappa shape index (κ3) is 1.93. The highest BCUT2D eigenvalue weighted by Gasteiger charge is 2.46. The zero-order chi connectivity index (χ0) is 17.0. The molecule has 2 heterocycles. The van der Waals surface area contributed by atoms with Crippen molar-refractivity contribution in [2.75, 3.05) is 10.0 Å². The van der Waals surface area contributed by atoms with Gasteiger partial charge in [-0.25, -0.2) is 0 Å². The SMILES string of the molecule is CC(=O)N1c2ccccc2N2C(c3c(C)cc(C)cc3C)=NON12. The van der Waals surface area contributed by atoms with Crippen LogP contribution in [-0.4, -0.2) is 17.0 Å². The lowest BCUT2D eigenvalue weighted by Gasteiger charge is -2.24. The van der Waals surface area contributed by atoms with E-state index in [1.807, 2.05) is 29.3 Å². The average molecular weight is 322 g/mol. The van der Waals surface area contributed by atoms with Crippen LogP contribution >= 0.6 is 0 Å². The molecule has 0 atom stereocenters. The van der Waals surface area contributed by atoms with E-state index in [9.17, 15) is 4.79 Å². The standard InChI is InChI=1S/C18H18N4O2/c1-11-9-12(2)17(13(3)10-11)18-19-24-22-20(14(4)23)15-7-5-6-8-16(15)21(18)22/h5-10H,1-4H3. The van der Waals surface area contributed by atoms with E-state index in [0.717, 1.165) is 28.1 Å². The molecule has 1 amide bonds. The van der Waals surface area contributed by atoms with E-state index in [1.165, 1.54) is 22.8 Å². The molecular formula is C18H18N4O2. The largest absolute Gasteiger partial charge is 0.273 e. The summed E-state index contributed by atoms with van der Waals surface area (Å²) in [5.74, 6) is 0.542. The summed E-state index contributed by atoms with van der Waals surface area (Å²) in [6.07, 6.45) is 0. The van der Waals surface area contributed by atoms with Gasteiger partial charge in [-0.2, -0.15) is 10.0 Å². The van der Waals surface area contributed by atoms with Gasteiger partial charge >= 0.3 is 0 Å². The maximum absolute atomic E-state index is 12.1. The van der Waals surface area contributed by atoms with Gasteiger partial charge in [-0.15, -0.1) is 0 Å². The number of nitrogens with zero attached hydrogens (tertiary/aromatic N) is 4. The Morgan fingerprint density at radius 3 is 2.29 bits per heavy atom. The van der Waals surface area contributed by atoms with Gasteiger partial charge in [0.15, 0.2) is 0 Å². The first-order valence-electron chi connectivity index (χ1n) is 7.82. The highest BCUT2D eigenvalue weighted by atomic mass is 16.9. The van der Waals surface area contributed by atoms with Gasteiger partial charge in [0.25, 0.3) is 0 Å². The number of rotatable bonds is 1. The molecule has 6 nitrogen and oxygen atoms in total. The number of amides is 1. The van der Waals surface area contributed by atoms with Crippen molar-refractivity contribution < 1.29 is 9.73 Å². The summed E-state index contributed by atoms with van der Waals surface area (Å²) >= 11 is 0. The summed E-state index contributed by atoms with van der Waals surface area (Å²) in [4.78, 5) is 17.6. The Hall–Kier alpha value is -2.86. The third-order valence-electron chi connectivity index (χ3n) is 4.28. The normalized spacial score (nSPS) is 15.9. The van der Waals surface area contributed by atoms with E-state index < -0.39 is 0 Å². The van der Waals surface area contributed by atoms with Crippen molar-refractivity contribution in [3.63, 3.8) is 0 Å². The van der Waals surface area contributed by atoms with E-state index in [2.05, 4.69) is 38.1 Å². The van der Waals surface area contributed by atoms with Gasteiger partial charge in [0.05, 0.1) is 16.7 Å². The molecule has 6 heteroatoms. The van der Waals surface area contributed by atoms with Crippen LogP contribution < -0.4 is 10.0 Å². The van der Waals surface area contributed by atoms with Crippen LogP contribution in [0.5, 0.6) is 0 Å². The molecule has 0 bridgehead atoms. The second-order valence-electron chi connectivity index (χ2n) is 6.15. The molecule has 24 heavy (non-hydrogen) atoms. The van der Waals surface area contributed by atoms with Crippen molar-refractivity contribution in [1.82, 2.24) is 5.28 Å². The smallest absolute Gasteiger partial charge is 0.242 e. The van der Waals surface area contributed by atoms with Gasteiger partial charge < -0.3 is 0 Å². The van der Waals surface area contributed by atoms with Crippen LogP contribution in [0.15, 0.2) is 41.6 Å². The van der Waals surface area contributed by atoms with E-state index in [0.29, 0.717) is 5.84 Å². The number of benzene rings is 2. The van der Waals surface area contributed by atoms with E-state index >= 15 is 0 Å². The highest BCUT2D eigenvalue weighted by Crippen LogP contribution is 2.42. The van der Waals surface area contributed by atoms with Gasteiger partial charge in [-0.3, -0.25) is 9.73 Å². The van der Waals surface area contributed by atoms with Gasteiger partial charge in [0.2, 0.25) is 11.7 Å². The number of carbonyl (C=O) groups is 1. The van der Waals surface area contributed by atoms with Crippen molar-refractivity contribution in [3.8, 4) is 0 Å². The number of aryl methyl sites for hydroxylation is 3. The molecule has 122 valence electrons. The minimum absolute atomic E-state index is 0.140. The Morgan fingerprint density at radius 2 is 1.67 bits per heavy atom. The summed E-state index contributed by atoms with van der Waals surface area (Å²) < 4.78 is 0. The van der Waals surface area contributed by atoms with Gasteiger partial charge in [0, 0.05) is 12.5 Å². The predicted molar refractivity (Wildman–Crippen MR) is 92.2 cm³/mol. The minimum atomic E-state index is -0.140. The maximum atomic E-state index is 12.1. The molecule has 0 N–H and O–H groups in total. The average Bonchev–Trinajstić information content (AvgIpc) is 3.04. The van der Waals surface area contributed by atoms with Crippen molar-refractivity contribution in [3.05, 3.63) is 58.7 Å². The number of amidine groups is 1. The van der Waals surface area contributed by atoms with Crippen LogP contribution in [0.1, 0.15) is 29.2 Å². The Balaban J connectivity index is 1.87. The van der Waals surface area contributed by atoms with E-state index in [4.69, 9.17) is 4.94 Å². The topological polar surface area (TPSA) is 48.4 Å². The molecule has 0 spiro atoms. The fourth-order valence-corrected chi connectivity index (χ4v) is 3.45. The van der Waals surface area contributed by atoms with Gasteiger partial charge in [-0.1, -0.05) is 29.8 Å². The van der Waals surface area contributed by atoms with Gasteiger partial charge in [-0.05, 0) is 49.2 Å². The highest BCUT2D eigenvalue weighted by molar-refractivity contribution is 6.15. The zero-order valence-electron chi connectivity index (χ0n) is 14.1. The number of oxime groups is 1. The molecule has 2 aliphatic rings. The molecular weight excluding hydrogens is 304 g/mol. The molecule has 0 saturated carbocycles. The fraction of sp³-hybridized carbons (Fsp3) is 0.222. The molecule has 2 aliphatic heterocycles. The van der Waals surface area contributed by atoms with Crippen molar-refractivity contribution >= 4 is 23.1 Å². The first-order valence-corrected chi connectivity index (χ1v) is 7.82. The molecule has 2 aromatic rings. The molecule has 2 aromatic carbocycles. The summed E-state index contributed by atoms with van der Waals surface area (Å²) in [6, 6.07) is 11.9. The number of hydrogen-bond acceptors (Lipinski definition) is 5. The molecule has 0 aliphatic carbocycles. The van der Waals surface area contributed by atoms with Crippen LogP contribution in [0.3, 0.4) is 0 Å². The first kappa shape index (κ1) is 14.7. The predicted octanol–water partition coefficient (Wildman–Crippen LogP) is 3.22. The van der Waals surface area contributed by atoms with Crippen molar-refractivity contribution in [1.29, 1.82) is 0 Å². The fourth-order valence-electron chi connectivity index (χ4n) is 3.45. The summed E-state index contributed by atoms with van der Waals surface area (Å²) in [5.41, 5.74) is 6.11. The van der Waals surface area contributed by atoms with E-state index in [1.54, 1.807) is 0 Å². The lowest BCUT2D eigenvalue weighted by Crippen LogP contribution is -2.48. The minimum Gasteiger partial charge on any atom is -0.273 e. The number of hydrogen-bond donors (Lipinski definition) is 0. The molecule has 4 rings (SSSR count). The number of fused-ring (bicyclic) bond motifs is 3. The molecule has 0 aromatic heterocycles. The van der Waals surface area contributed by atoms with Crippen molar-refractivity contribution in [2.24, 2.45) is 5.16 Å². The van der Waals surface area contributed by atoms with Crippen LogP contribution in [0, 0.1) is 20.8 Å². The van der Waals surface area contributed by atoms with Crippen LogP contribution in [-0.2, 0) is 9.73 Å². The van der Waals surface area contributed by atoms with Crippen LogP contribution in [0.2, 0.25) is 0 Å². The number of hydrazine groups is 2.